The van der Waals surface area contributed by atoms with Gasteiger partial charge < -0.3 is 10.6 Å². The zero-order valence-corrected chi connectivity index (χ0v) is 15.1. The number of hydrogen-bond acceptors (Lipinski definition) is 4. The number of imide groups is 1. The van der Waals surface area contributed by atoms with E-state index in [1.54, 1.807) is 24.3 Å². The Labute approximate surface area is 161 Å². The molecule has 1 aliphatic heterocycles. The first-order chi connectivity index (χ1) is 13.5. The third-order valence-electron chi connectivity index (χ3n) is 5.24. The molecule has 140 valence electrons. The van der Waals surface area contributed by atoms with E-state index in [-0.39, 0.29) is 12.5 Å². The summed E-state index contributed by atoms with van der Waals surface area (Å²) >= 11 is 0. The molecule has 0 bridgehead atoms. The molecule has 0 aromatic heterocycles. The summed E-state index contributed by atoms with van der Waals surface area (Å²) in [6.45, 7) is -0.353. The molecule has 1 atom stereocenters. The van der Waals surface area contributed by atoms with Gasteiger partial charge in [0.2, 0.25) is 5.91 Å². The van der Waals surface area contributed by atoms with Crippen LogP contribution in [0.3, 0.4) is 0 Å². The van der Waals surface area contributed by atoms with Crippen molar-refractivity contribution in [3.63, 3.8) is 0 Å². The highest BCUT2D eigenvalue weighted by Gasteiger charge is 2.55. The van der Waals surface area contributed by atoms with Crippen molar-refractivity contribution in [1.82, 2.24) is 10.2 Å². The molecule has 1 unspecified atom stereocenters. The molecule has 7 heteroatoms. The largest absolute Gasteiger partial charge is 0.325 e. The fraction of sp³-hybridized carbons (Fsp3) is 0.238. The van der Waals surface area contributed by atoms with E-state index >= 15 is 0 Å². The number of hydrogen-bond donors (Lipinski definition) is 2. The minimum atomic E-state index is -1.06. The van der Waals surface area contributed by atoms with Gasteiger partial charge in [-0.05, 0) is 41.7 Å². The molecular formula is C21H18N4O3. The standard InChI is InChI=1S/C21H18N4O3/c22-12-10-14-5-7-16(8-6-14)23-18(26)13-25-19(27)21(24-20(25)28)11-9-15-3-1-2-4-17(15)21/h1-8H,9-11,13H2,(H,23,26)(H,24,28). The van der Waals surface area contributed by atoms with Crippen LogP contribution in [0.5, 0.6) is 0 Å². The van der Waals surface area contributed by atoms with Gasteiger partial charge in [-0.3, -0.25) is 14.5 Å². The van der Waals surface area contributed by atoms with Gasteiger partial charge in [0.05, 0.1) is 12.5 Å². The molecule has 2 aromatic rings. The molecule has 0 radical (unpaired) electrons. The normalized spacial score (nSPS) is 20.0. The summed E-state index contributed by atoms with van der Waals surface area (Å²) in [4.78, 5) is 38.8. The number of rotatable bonds is 4. The first-order valence-corrected chi connectivity index (χ1v) is 9.02. The Hall–Kier alpha value is -3.66. The van der Waals surface area contributed by atoms with E-state index in [4.69, 9.17) is 5.26 Å². The van der Waals surface area contributed by atoms with E-state index in [0.29, 0.717) is 24.9 Å². The number of fused-ring (bicyclic) bond motifs is 2. The first kappa shape index (κ1) is 17.7. The van der Waals surface area contributed by atoms with Crippen LogP contribution >= 0.6 is 0 Å². The summed E-state index contributed by atoms with van der Waals surface area (Å²) in [5.41, 5.74) is 2.17. The maximum absolute atomic E-state index is 13.0. The van der Waals surface area contributed by atoms with Crippen molar-refractivity contribution in [2.75, 3.05) is 11.9 Å². The van der Waals surface area contributed by atoms with E-state index < -0.39 is 17.5 Å². The van der Waals surface area contributed by atoms with Gasteiger partial charge in [0.15, 0.2) is 0 Å². The SMILES string of the molecule is N#CCc1ccc(NC(=O)CN2C(=O)NC3(CCc4ccccc43)C2=O)cc1. The van der Waals surface area contributed by atoms with Gasteiger partial charge >= 0.3 is 6.03 Å². The number of nitrogens with one attached hydrogen (secondary N) is 2. The lowest BCUT2D eigenvalue weighted by Crippen LogP contribution is -2.42. The fourth-order valence-corrected chi connectivity index (χ4v) is 3.87. The third kappa shape index (κ3) is 2.89. The summed E-state index contributed by atoms with van der Waals surface area (Å²) in [6, 6.07) is 15.9. The lowest BCUT2D eigenvalue weighted by Gasteiger charge is -2.22. The lowest BCUT2D eigenvalue weighted by molar-refractivity contribution is -0.134. The van der Waals surface area contributed by atoms with Gasteiger partial charge in [-0.25, -0.2) is 4.79 Å². The number of carbonyl (C=O) groups excluding carboxylic acids is 3. The first-order valence-electron chi connectivity index (χ1n) is 9.02. The van der Waals surface area contributed by atoms with Gasteiger partial charge in [0.25, 0.3) is 5.91 Å². The maximum atomic E-state index is 13.0. The molecule has 7 nitrogen and oxygen atoms in total. The molecule has 1 aliphatic carbocycles. The Bertz CT molecular complexity index is 1010. The Kier molecular flexibility index (Phi) is 4.32. The predicted octanol–water partition coefficient (Wildman–Crippen LogP) is 2.08. The number of amides is 4. The Morgan fingerprint density at radius 2 is 1.93 bits per heavy atom. The monoisotopic (exact) mass is 374 g/mol. The molecule has 2 N–H and O–H groups in total. The van der Waals surface area contributed by atoms with Gasteiger partial charge in [-0.15, -0.1) is 0 Å². The highest BCUT2D eigenvalue weighted by atomic mass is 16.2. The molecule has 4 rings (SSSR count). The van der Waals surface area contributed by atoms with E-state index in [2.05, 4.69) is 16.7 Å². The number of aryl methyl sites for hydroxylation is 1. The quantitative estimate of drug-likeness (QED) is 0.800. The molecule has 1 saturated heterocycles. The average Bonchev–Trinajstić information content (AvgIpc) is 3.17. The number of nitrogens with zero attached hydrogens (tertiary/aromatic N) is 2. The molecule has 28 heavy (non-hydrogen) atoms. The Morgan fingerprint density at radius 3 is 2.68 bits per heavy atom. The van der Waals surface area contributed by atoms with Crippen LogP contribution in [0.4, 0.5) is 10.5 Å². The number of anilines is 1. The topological polar surface area (TPSA) is 102 Å². The highest BCUT2D eigenvalue weighted by Crippen LogP contribution is 2.41. The van der Waals surface area contributed by atoms with E-state index in [0.717, 1.165) is 21.6 Å². The van der Waals surface area contributed by atoms with Crippen molar-refractivity contribution in [2.24, 2.45) is 0 Å². The second kappa shape index (κ2) is 6.82. The number of carbonyl (C=O) groups is 3. The van der Waals surface area contributed by atoms with Gasteiger partial charge in [-0.1, -0.05) is 36.4 Å². The molecular weight excluding hydrogens is 356 g/mol. The minimum Gasteiger partial charge on any atom is -0.325 e. The van der Waals surface area contributed by atoms with E-state index in [9.17, 15) is 14.4 Å². The summed E-state index contributed by atoms with van der Waals surface area (Å²) in [6.07, 6.45) is 1.49. The maximum Gasteiger partial charge on any atom is 0.325 e. The van der Waals surface area contributed by atoms with Crippen molar-refractivity contribution in [3.05, 3.63) is 65.2 Å². The second-order valence-electron chi connectivity index (χ2n) is 6.96. The summed E-state index contributed by atoms with van der Waals surface area (Å²) < 4.78 is 0. The minimum absolute atomic E-state index is 0.292. The van der Waals surface area contributed by atoms with Gasteiger partial charge in [0, 0.05) is 5.69 Å². The van der Waals surface area contributed by atoms with Crippen molar-refractivity contribution in [1.29, 1.82) is 5.26 Å². The molecule has 1 spiro atoms. The van der Waals surface area contributed by atoms with Gasteiger partial charge in [-0.2, -0.15) is 5.26 Å². The number of urea groups is 1. The highest BCUT2D eigenvalue weighted by molar-refractivity contribution is 6.10. The summed E-state index contributed by atoms with van der Waals surface area (Å²) in [7, 11) is 0. The molecule has 2 aromatic carbocycles. The molecule has 1 heterocycles. The van der Waals surface area contributed by atoms with Crippen molar-refractivity contribution in [2.45, 2.75) is 24.8 Å². The van der Waals surface area contributed by atoms with E-state index in [1.165, 1.54) is 0 Å². The van der Waals surface area contributed by atoms with Crippen molar-refractivity contribution < 1.29 is 14.4 Å². The van der Waals surface area contributed by atoms with Crippen LogP contribution < -0.4 is 10.6 Å². The predicted molar refractivity (Wildman–Crippen MR) is 101 cm³/mol. The zero-order chi connectivity index (χ0) is 19.7. The smallest absolute Gasteiger partial charge is 0.325 e. The van der Waals surface area contributed by atoms with Crippen LogP contribution in [0.1, 0.15) is 23.1 Å². The molecule has 2 aliphatic rings. The van der Waals surface area contributed by atoms with Crippen molar-refractivity contribution in [3.8, 4) is 6.07 Å². The van der Waals surface area contributed by atoms with Crippen LogP contribution in [0.2, 0.25) is 0 Å². The average molecular weight is 374 g/mol. The van der Waals surface area contributed by atoms with Crippen LogP contribution in [-0.4, -0.2) is 29.3 Å². The van der Waals surface area contributed by atoms with E-state index in [1.807, 2.05) is 24.3 Å². The summed E-state index contributed by atoms with van der Waals surface area (Å²) in [5.74, 6) is -0.846. The van der Waals surface area contributed by atoms with Crippen LogP contribution in [0.25, 0.3) is 0 Å². The zero-order valence-electron chi connectivity index (χ0n) is 15.1. The third-order valence-corrected chi connectivity index (χ3v) is 5.24. The lowest BCUT2D eigenvalue weighted by atomic mass is 9.92. The van der Waals surface area contributed by atoms with Crippen LogP contribution in [0, 0.1) is 11.3 Å². The fourth-order valence-electron chi connectivity index (χ4n) is 3.87. The molecule has 4 amide bonds. The number of benzene rings is 2. The second-order valence-corrected chi connectivity index (χ2v) is 6.96. The van der Waals surface area contributed by atoms with Gasteiger partial charge in [0.1, 0.15) is 12.1 Å². The van der Waals surface area contributed by atoms with Crippen molar-refractivity contribution >= 4 is 23.5 Å². The van der Waals surface area contributed by atoms with Crippen LogP contribution in [-0.2, 0) is 28.0 Å². The van der Waals surface area contributed by atoms with Crippen LogP contribution in [0.15, 0.2) is 48.5 Å². The summed E-state index contributed by atoms with van der Waals surface area (Å²) in [5, 5.41) is 14.2. The Balaban J connectivity index is 1.47. The Morgan fingerprint density at radius 1 is 1.18 bits per heavy atom. The molecule has 0 saturated carbocycles. The number of nitriles is 1. The molecule has 1 fully saturated rings.